The fraction of sp³-hybridized carbons (Fsp3) is 0.333. The first kappa shape index (κ1) is 14.2. The summed E-state index contributed by atoms with van der Waals surface area (Å²) in [7, 11) is 0. The highest BCUT2D eigenvalue weighted by molar-refractivity contribution is 6.42. The molecular weight excluding hydrogens is 242 g/mol. The van der Waals surface area contributed by atoms with Crippen LogP contribution in [0.25, 0.3) is 0 Å². The molecule has 1 amide bonds. The van der Waals surface area contributed by atoms with E-state index >= 15 is 0 Å². The van der Waals surface area contributed by atoms with Crippen molar-refractivity contribution in [2.24, 2.45) is 5.73 Å². The fourth-order valence-corrected chi connectivity index (χ4v) is 1.38. The number of halogens is 2. The Morgan fingerprint density at radius 1 is 1.33 bits per heavy atom. The molecule has 0 bridgehead atoms. The predicted octanol–water partition coefficient (Wildman–Crippen LogP) is 1.60. The van der Waals surface area contributed by atoms with Crippen LogP contribution < -0.4 is 11.1 Å². The molecule has 0 radical (unpaired) electrons. The van der Waals surface area contributed by atoms with Crippen LogP contribution in [0.2, 0.25) is 0 Å². The lowest BCUT2D eigenvalue weighted by atomic mass is 10.1. The maximum absolute atomic E-state index is 12.9. The maximum Gasteiger partial charge on any atom is 0.293 e. The van der Waals surface area contributed by atoms with Gasteiger partial charge in [-0.1, -0.05) is 13.3 Å². The first-order valence-corrected chi connectivity index (χ1v) is 5.51. The average Bonchev–Trinajstić information content (AvgIpc) is 2.33. The summed E-state index contributed by atoms with van der Waals surface area (Å²) in [5.41, 5.74) is 5.50. The van der Waals surface area contributed by atoms with Crippen LogP contribution in [0.1, 0.15) is 19.8 Å². The summed E-state index contributed by atoms with van der Waals surface area (Å²) in [6.45, 7) is 1.83. The number of nitrogens with two attached hydrogens (primary N) is 1. The van der Waals surface area contributed by atoms with Crippen molar-refractivity contribution in [2.75, 3.05) is 5.32 Å². The zero-order chi connectivity index (χ0) is 13.7. The zero-order valence-electron chi connectivity index (χ0n) is 9.87. The van der Waals surface area contributed by atoms with Crippen molar-refractivity contribution in [3.63, 3.8) is 0 Å². The van der Waals surface area contributed by atoms with Gasteiger partial charge in [0.2, 0.25) is 5.78 Å². The molecule has 1 aromatic rings. The molecule has 1 aromatic carbocycles. The Bertz CT molecular complexity index is 463. The van der Waals surface area contributed by atoms with E-state index in [1.165, 1.54) is 0 Å². The highest BCUT2D eigenvalue weighted by Crippen LogP contribution is 2.13. The van der Waals surface area contributed by atoms with Crippen molar-refractivity contribution in [3.05, 3.63) is 29.8 Å². The number of rotatable bonds is 5. The van der Waals surface area contributed by atoms with Gasteiger partial charge in [-0.3, -0.25) is 9.59 Å². The average molecular weight is 256 g/mol. The van der Waals surface area contributed by atoms with E-state index in [1.807, 2.05) is 6.92 Å². The van der Waals surface area contributed by atoms with Crippen molar-refractivity contribution in [3.8, 4) is 0 Å². The number of anilines is 1. The summed E-state index contributed by atoms with van der Waals surface area (Å²) >= 11 is 0. The molecule has 0 spiro atoms. The van der Waals surface area contributed by atoms with E-state index < -0.39 is 29.4 Å². The third kappa shape index (κ3) is 3.59. The number of nitrogens with one attached hydrogen (secondary N) is 1. The number of amides is 1. The Morgan fingerprint density at radius 3 is 2.56 bits per heavy atom. The SMILES string of the molecule is CCCC(N)C(=O)C(=O)Nc1ccc(F)c(F)c1. The number of ketones is 1. The van der Waals surface area contributed by atoms with Gasteiger partial charge in [0, 0.05) is 11.8 Å². The molecule has 0 aromatic heterocycles. The summed E-state index contributed by atoms with van der Waals surface area (Å²) < 4.78 is 25.5. The third-order valence-electron chi connectivity index (χ3n) is 2.34. The summed E-state index contributed by atoms with van der Waals surface area (Å²) in [6.07, 6.45) is 1.06. The van der Waals surface area contributed by atoms with Gasteiger partial charge >= 0.3 is 0 Å². The van der Waals surface area contributed by atoms with Gasteiger partial charge in [0.25, 0.3) is 5.91 Å². The number of Topliss-reactive ketones (excluding diaryl/α,β-unsaturated/α-hetero) is 1. The number of benzene rings is 1. The smallest absolute Gasteiger partial charge is 0.293 e. The topological polar surface area (TPSA) is 72.2 Å². The van der Waals surface area contributed by atoms with Crippen LogP contribution in [-0.2, 0) is 9.59 Å². The molecule has 0 aliphatic carbocycles. The lowest BCUT2D eigenvalue weighted by Gasteiger charge is -2.09. The van der Waals surface area contributed by atoms with Crippen molar-refractivity contribution in [1.29, 1.82) is 0 Å². The summed E-state index contributed by atoms with van der Waals surface area (Å²) in [4.78, 5) is 23.0. The molecular formula is C12H14F2N2O2. The maximum atomic E-state index is 12.9. The van der Waals surface area contributed by atoms with Gasteiger partial charge in [0.1, 0.15) is 0 Å². The van der Waals surface area contributed by atoms with Crippen LogP contribution in [0.4, 0.5) is 14.5 Å². The molecule has 0 aliphatic heterocycles. The number of carbonyl (C=O) groups excluding carboxylic acids is 2. The summed E-state index contributed by atoms with van der Waals surface area (Å²) in [5, 5.41) is 2.17. The quantitative estimate of drug-likeness (QED) is 0.786. The van der Waals surface area contributed by atoms with E-state index in [4.69, 9.17) is 5.73 Å². The molecule has 0 fully saturated rings. The second-order valence-electron chi connectivity index (χ2n) is 3.84. The molecule has 1 atom stereocenters. The molecule has 1 unspecified atom stereocenters. The predicted molar refractivity (Wildman–Crippen MR) is 62.9 cm³/mol. The summed E-state index contributed by atoms with van der Waals surface area (Å²) in [5.74, 6) is -3.83. The first-order chi connectivity index (χ1) is 8.45. The highest BCUT2D eigenvalue weighted by Gasteiger charge is 2.21. The Morgan fingerprint density at radius 2 is 2.00 bits per heavy atom. The minimum Gasteiger partial charge on any atom is -0.321 e. The lowest BCUT2D eigenvalue weighted by molar-refractivity contribution is -0.135. The van der Waals surface area contributed by atoms with Gasteiger partial charge in [-0.05, 0) is 18.6 Å². The second-order valence-corrected chi connectivity index (χ2v) is 3.84. The molecule has 0 heterocycles. The van der Waals surface area contributed by atoms with E-state index in [0.29, 0.717) is 12.8 Å². The molecule has 4 nitrogen and oxygen atoms in total. The van der Waals surface area contributed by atoms with Gasteiger partial charge in [0.15, 0.2) is 11.6 Å². The largest absolute Gasteiger partial charge is 0.321 e. The molecule has 0 saturated carbocycles. The minimum atomic E-state index is -1.10. The van der Waals surface area contributed by atoms with Crippen molar-refractivity contribution >= 4 is 17.4 Å². The van der Waals surface area contributed by atoms with Gasteiger partial charge in [-0.25, -0.2) is 8.78 Å². The van der Waals surface area contributed by atoms with Gasteiger partial charge in [-0.15, -0.1) is 0 Å². The Kier molecular flexibility index (Phi) is 4.91. The number of hydrogen-bond donors (Lipinski definition) is 2. The second kappa shape index (κ2) is 6.20. The van der Waals surface area contributed by atoms with E-state index in [1.54, 1.807) is 0 Å². The van der Waals surface area contributed by atoms with Crippen molar-refractivity contribution < 1.29 is 18.4 Å². The minimum absolute atomic E-state index is 0.0101. The van der Waals surface area contributed by atoms with Crippen molar-refractivity contribution in [1.82, 2.24) is 0 Å². The van der Waals surface area contributed by atoms with Gasteiger partial charge in [0.05, 0.1) is 6.04 Å². The van der Waals surface area contributed by atoms with Crippen LogP contribution >= 0.6 is 0 Å². The van der Waals surface area contributed by atoms with Gasteiger partial charge < -0.3 is 11.1 Å². The Hall–Kier alpha value is -1.82. The highest BCUT2D eigenvalue weighted by atomic mass is 19.2. The molecule has 18 heavy (non-hydrogen) atoms. The molecule has 1 rings (SSSR count). The first-order valence-electron chi connectivity index (χ1n) is 5.51. The van der Waals surface area contributed by atoms with E-state index in [2.05, 4.69) is 5.32 Å². The van der Waals surface area contributed by atoms with Crippen LogP contribution in [0.15, 0.2) is 18.2 Å². The molecule has 98 valence electrons. The molecule has 0 saturated heterocycles. The number of carbonyl (C=O) groups is 2. The van der Waals surface area contributed by atoms with Crippen molar-refractivity contribution in [2.45, 2.75) is 25.8 Å². The standard InChI is InChI=1S/C12H14F2N2O2/c1-2-3-10(15)11(17)12(18)16-7-4-5-8(13)9(14)6-7/h4-6,10H,2-3,15H2,1H3,(H,16,18). The van der Waals surface area contributed by atoms with E-state index in [9.17, 15) is 18.4 Å². The zero-order valence-corrected chi connectivity index (χ0v) is 9.87. The Labute approximate surface area is 103 Å². The molecule has 3 N–H and O–H groups in total. The van der Waals surface area contributed by atoms with Crippen LogP contribution in [0.3, 0.4) is 0 Å². The summed E-state index contributed by atoms with van der Waals surface area (Å²) in [6, 6.07) is 1.95. The normalized spacial score (nSPS) is 12.0. The van der Waals surface area contributed by atoms with E-state index in [0.717, 1.165) is 18.2 Å². The molecule has 6 heteroatoms. The number of hydrogen-bond acceptors (Lipinski definition) is 3. The van der Waals surface area contributed by atoms with Crippen LogP contribution in [0, 0.1) is 11.6 Å². The van der Waals surface area contributed by atoms with Crippen LogP contribution in [0.5, 0.6) is 0 Å². The van der Waals surface area contributed by atoms with Crippen LogP contribution in [-0.4, -0.2) is 17.7 Å². The monoisotopic (exact) mass is 256 g/mol. The fourth-order valence-electron chi connectivity index (χ4n) is 1.38. The Balaban J connectivity index is 2.69. The third-order valence-corrected chi connectivity index (χ3v) is 2.34. The lowest BCUT2D eigenvalue weighted by Crippen LogP contribution is -2.39. The van der Waals surface area contributed by atoms with Gasteiger partial charge in [-0.2, -0.15) is 0 Å². The van der Waals surface area contributed by atoms with E-state index in [-0.39, 0.29) is 5.69 Å². The molecule has 0 aliphatic rings.